The largest absolute Gasteiger partial charge is 0.309 e. The van der Waals surface area contributed by atoms with E-state index in [2.05, 4.69) is 191 Å². The number of benzene rings is 8. The molecule has 1 aliphatic carbocycles. The molecule has 2 aromatic heterocycles. The van der Waals surface area contributed by atoms with Gasteiger partial charge in [-0.25, -0.2) is 0 Å². The Morgan fingerprint density at radius 2 is 0.904 bits per heavy atom. The van der Waals surface area contributed by atoms with Crippen LogP contribution >= 0.6 is 11.8 Å². The van der Waals surface area contributed by atoms with E-state index < -0.39 is 5.41 Å². The summed E-state index contributed by atoms with van der Waals surface area (Å²) in [6.07, 6.45) is 0. The molecule has 0 amide bonds. The second kappa shape index (κ2) is 10.4. The number of rotatable bonds is 2. The summed E-state index contributed by atoms with van der Waals surface area (Å²) in [5.41, 5.74) is 14.8. The number of fused-ring (bicyclic) bond motifs is 15. The van der Waals surface area contributed by atoms with Crippen LogP contribution in [0.3, 0.4) is 0 Å². The average molecular weight is 679 g/mol. The molecule has 2 nitrogen and oxygen atoms in total. The first-order valence-corrected chi connectivity index (χ1v) is 18.8. The van der Waals surface area contributed by atoms with E-state index in [0.717, 1.165) is 0 Å². The monoisotopic (exact) mass is 678 g/mol. The van der Waals surface area contributed by atoms with E-state index in [9.17, 15) is 0 Å². The van der Waals surface area contributed by atoms with E-state index in [4.69, 9.17) is 0 Å². The predicted octanol–water partition coefficient (Wildman–Crippen LogP) is 12.7. The SMILES string of the molecule is c1ccc(-n2c3ccccc3c3cc4c5ccccc5n(-c5cccc6c5C5(c7ccccc7Sc7ccccc75)c5ccccc5-6)c4cc32)cc1. The Kier molecular flexibility index (Phi) is 5.67. The van der Waals surface area contributed by atoms with Crippen LogP contribution in [0.1, 0.15) is 22.3 Å². The summed E-state index contributed by atoms with van der Waals surface area (Å²) in [5, 5.41) is 5.06. The van der Waals surface area contributed by atoms with Gasteiger partial charge in [-0.1, -0.05) is 139 Å². The molecule has 2 aliphatic rings. The van der Waals surface area contributed by atoms with Gasteiger partial charge in [0.2, 0.25) is 0 Å². The smallest absolute Gasteiger partial charge is 0.0755 e. The highest BCUT2D eigenvalue weighted by Gasteiger charge is 2.51. The summed E-state index contributed by atoms with van der Waals surface area (Å²) in [6, 6.07) is 67.7. The van der Waals surface area contributed by atoms with E-state index in [1.165, 1.54) is 98.2 Å². The standard InChI is InChI=1S/C49H30N2S/c1-2-15-31(16-3-1)50-41-24-10-5-18-33(41)36-29-37-34-19-6-11-25-42(34)51(45(37)30-44(36)50)43-26-14-20-35-32-17-4-7-21-38(32)49(48(35)43)39-22-8-12-27-46(39)52-47-28-13-9-23-40(47)49/h1-30H. The van der Waals surface area contributed by atoms with Gasteiger partial charge in [-0.2, -0.15) is 0 Å². The van der Waals surface area contributed by atoms with Gasteiger partial charge in [0, 0.05) is 42.6 Å². The van der Waals surface area contributed by atoms with Crippen molar-refractivity contribution in [2.75, 3.05) is 0 Å². The van der Waals surface area contributed by atoms with Crippen molar-refractivity contribution in [2.45, 2.75) is 15.2 Å². The Bertz CT molecular complexity index is 3060. The lowest BCUT2D eigenvalue weighted by atomic mass is 9.67. The zero-order chi connectivity index (χ0) is 34.0. The third-order valence-electron chi connectivity index (χ3n) is 11.6. The summed E-state index contributed by atoms with van der Waals surface area (Å²) < 4.78 is 5.00. The minimum Gasteiger partial charge on any atom is -0.309 e. The van der Waals surface area contributed by atoms with Crippen molar-refractivity contribution in [1.29, 1.82) is 0 Å². The summed E-state index contributed by atoms with van der Waals surface area (Å²) in [7, 11) is 0. The maximum atomic E-state index is 2.57. The van der Waals surface area contributed by atoms with Crippen LogP contribution in [0, 0.1) is 0 Å². The molecule has 0 saturated heterocycles. The molecule has 0 radical (unpaired) electrons. The third-order valence-corrected chi connectivity index (χ3v) is 12.7. The van der Waals surface area contributed by atoms with E-state index in [1.54, 1.807) is 0 Å². The molecule has 0 N–H and O–H groups in total. The summed E-state index contributed by atoms with van der Waals surface area (Å²) in [6.45, 7) is 0. The first-order chi connectivity index (χ1) is 25.8. The van der Waals surface area contributed by atoms with Gasteiger partial charge >= 0.3 is 0 Å². The van der Waals surface area contributed by atoms with Crippen molar-refractivity contribution in [1.82, 2.24) is 9.13 Å². The van der Waals surface area contributed by atoms with Crippen molar-refractivity contribution >= 4 is 55.4 Å². The maximum absolute atomic E-state index is 2.57. The van der Waals surface area contributed by atoms with Crippen LogP contribution in [0.15, 0.2) is 192 Å². The molecule has 0 unspecified atom stereocenters. The number of aromatic nitrogens is 2. The second-order valence-corrected chi connectivity index (χ2v) is 15.1. The molecule has 0 fully saturated rings. The van der Waals surface area contributed by atoms with Crippen molar-refractivity contribution in [3.63, 3.8) is 0 Å². The van der Waals surface area contributed by atoms with E-state index in [-0.39, 0.29) is 0 Å². The predicted molar refractivity (Wildman–Crippen MR) is 217 cm³/mol. The molecule has 3 heterocycles. The van der Waals surface area contributed by atoms with E-state index in [0.29, 0.717) is 0 Å². The fourth-order valence-electron chi connectivity index (χ4n) is 9.62. The molecule has 0 atom stereocenters. The van der Waals surface area contributed by atoms with Crippen LogP contribution in [0.2, 0.25) is 0 Å². The Balaban J connectivity index is 1.27. The van der Waals surface area contributed by atoms with Crippen LogP contribution in [-0.2, 0) is 5.41 Å². The topological polar surface area (TPSA) is 9.86 Å². The Morgan fingerprint density at radius 3 is 1.62 bits per heavy atom. The molecule has 0 saturated carbocycles. The van der Waals surface area contributed by atoms with E-state index >= 15 is 0 Å². The third kappa shape index (κ3) is 3.51. The van der Waals surface area contributed by atoms with Gasteiger partial charge in [0.05, 0.1) is 33.2 Å². The van der Waals surface area contributed by atoms with Gasteiger partial charge < -0.3 is 9.13 Å². The normalized spacial score (nSPS) is 13.8. The van der Waals surface area contributed by atoms with Crippen LogP contribution in [0.4, 0.5) is 0 Å². The summed E-state index contributed by atoms with van der Waals surface area (Å²) >= 11 is 1.89. The Morgan fingerprint density at radius 1 is 0.365 bits per heavy atom. The molecular formula is C49H30N2S. The summed E-state index contributed by atoms with van der Waals surface area (Å²) in [4.78, 5) is 2.63. The van der Waals surface area contributed by atoms with Crippen molar-refractivity contribution in [3.05, 3.63) is 204 Å². The maximum Gasteiger partial charge on any atom is 0.0755 e. The Labute approximate surface area is 305 Å². The van der Waals surface area contributed by atoms with Crippen molar-refractivity contribution < 1.29 is 0 Å². The van der Waals surface area contributed by atoms with Crippen molar-refractivity contribution in [2.24, 2.45) is 0 Å². The van der Waals surface area contributed by atoms with Crippen LogP contribution < -0.4 is 0 Å². The lowest BCUT2D eigenvalue weighted by Gasteiger charge is -2.40. The summed E-state index contributed by atoms with van der Waals surface area (Å²) in [5.74, 6) is 0. The van der Waals surface area contributed by atoms with Gasteiger partial charge in [-0.05, 0) is 82.4 Å². The number of nitrogens with zero attached hydrogens (tertiary/aromatic N) is 2. The first kappa shape index (κ1) is 28.4. The molecular weight excluding hydrogens is 649 g/mol. The van der Waals surface area contributed by atoms with Gasteiger partial charge in [-0.3, -0.25) is 0 Å². The fraction of sp³-hybridized carbons (Fsp3) is 0.0204. The average Bonchev–Trinajstić information content (AvgIpc) is 3.82. The van der Waals surface area contributed by atoms with Gasteiger partial charge in [-0.15, -0.1) is 0 Å². The minimum atomic E-state index is -0.484. The van der Waals surface area contributed by atoms with Crippen LogP contribution in [0.5, 0.6) is 0 Å². The number of hydrogen-bond acceptors (Lipinski definition) is 1. The molecule has 10 aromatic rings. The highest BCUT2D eigenvalue weighted by Crippen LogP contribution is 2.63. The van der Waals surface area contributed by atoms with Gasteiger partial charge in [0.15, 0.2) is 0 Å². The van der Waals surface area contributed by atoms with Crippen molar-refractivity contribution in [3.8, 4) is 22.5 Å². The van der Waals surface area contributed by atoms with Gasteiger partial charge in [0.1, 0.15) is 0 Å². The highest BCUT2D eigenvalue weighted by molar-refractivity contribution is 7.99. The molecule has 12 rings (SSSR count). The molecule has 52 heavy (non-hydrogen) atoms. The number of hydrogen-bond donors (Lipinski definition) is 0. The molecule has 1 aliphatic heterocycles. The second-order valence-electron chi connectivity index (χ2n) is 14.0. The highest BCUT2D eigenvalue weighted by atomic mass is 32.2. The Hall–Kier alpha value is -6.29. The minimum absolute atomic E-state index is 0.484. The molecule has 8 aromatic carbocycles. The molecule has 3 heteroatoms. The zero-order valence-corrected chi connectivity index (χ0v) is 28.9. The quantitative estimate of drug-likeness (QED) is 0.177. The fourth-order valence-corrected chi connectivity index (χ4v) is 10.8. The lowest BCUT2D eigenvalue weighted by molar-refractivity contribution is 0.717. The van der Waals surface area contributed by atoms with Crippen LogP contribution in [-0.4, -0.2) is 9.13 Å². The molecule has 0 bridgehead atoms. The van der Waals surface area contributed by atoms with Gasteiger partial charge in [0.25, 0.3) is 0 Å². The molecule has 1 spiro atoms. The molecule has 242 valence electrons. The number of para-hydroxylation sites is 3. The van der Waals surface area contributed by atoms with Crippen LogP contribution in [0.25, 0.3) is 66.1 Å². The zero-order valence-electron chi connectivity index (χ0n) is 28.1. The first-order valence-electron chi connectivity index (χ1n) is 17.9. The lowest BCUT2D eigenvalue weighted by Crippen LogP contribution is -2.33. The van der Waals surface area contributed by atoms with E-state index in [1.807, 2.05) is 11.8 Å².